The number of carbonyl (C=O) groups is 1. The highest BCUT2D eigenvalue weighted by atomic mass is 19.4. The van der Waals surface area contributed by atoms with Gasteiger partial charge in [-0.05, 0) is 80.4 Å². The molecule has 40 heavy (non-hydrogen) atoms. The monoisotopic (exact) mass is 571 g/mol. The molecule has 3 aliphatic rings. The fourth-order valence-electron chi connectivity index (χ4n) is 6.12. The summed E-state index contributed by atoms with van der Waals surface area (Å²) in [6, 6.07) is 1.48. The molecule has 0 bridgehead atoms. The van der Waals surface area contributed by atoms with Gasteiger partial charge in [-0.25, -0.2) is 4.39 Å². The summed E-state index contributed by atoms with van der Waals surface area (Å²) >= 11 is 0. The van der Waals surface area contributed by atoms with Gasteiger partial charge in [-0.1, -0.05) is 18.7 Å². The third kappa shape index (κ3) is 6.70. The molecule has 0 amide bonds. The molecule has 1 aromatic rings. The number of rotatable bonds is 7. The number of nitrogens with zero attached hydrogens (tertiary/aromatic N) is 1. The predicted molar refractivity (Wildman–Crippen MR) is 136 cm³/mol. The van der Waals surface area contributed by atoms with Gasteiger partial charge in [0.05, 0.1) is 23.3 Å². The Bertz CT molecular complexity index is 1200. The number of benzene rings is 1. The Labute approximate surface area is 229 Å². The normalized spacial score (nSPS) is 26.8. The van der Waals surface area contributed by atoms with Gasteiger partial charge < -0.3 is 9.64 Å². The molecule has 1 heterocycles. The summed E-state index contributed by atoms with van der Waals surface area (Å²) in [5.41, 5.74) is -1.48. The average molecular weight is 572 g/mol. The maximum absolute atomic E-state index is 13.9. The number of allylic oxidation sites excluding steroid dienone is 6. The van der Waals surface area contributed by atoms with Crippen molar-refractivity contribution in [1.29, 1.82) is 0 Å². The van der Waals surface area contributed by atoms with Crippen molar-refractivity contribution in [2.24, 2.45) is 17.8 Å². The Morgan fingerprint density at radius 3 is 2.23 bits per heavy atom. The molecular formula is C30H32F7NO2. The van der Waals surface area contributed by atoms with E-state index in [4.69, 9.17) is 4.74 Å². The third-order valence-corrected chi connectivity index (χ3v) is 8.16. The molecule has 1 aliphatic heterocycles. The van der Waals surface area contributed by atoms with E-state index in [9.17, 15) is 35.5 Å². The van der Waals surface area contributed by atoms with E-state index in [1.165, 1.54) is 19.1 Å². The maximum Gasteiger partial charge on any atom is 0.416 e. The highest BCUT2D eigenvalue weighted by molar-refractivity contribution is 5.92. The van der Waals surface area contributed by atoms with E-state index in [1.807, 2.05) is 0 Å². The summed E-state index contributed by atoms with van der Waals surface area (Å²) in [4.78, 5) is 14.0. The quantitative estimate of drug-likeness (QED) is 0.243. The van der Waals surface area contributed by atoms with E-state index in [-0.39, 0.29) is 35.2 Å². The largest absolute Gasteiger partial charge is 0.416 e. The first-order valence-corrected chi connectivity index (χ1v) is 13.3. The molecule has 2 fully saturated rings. The molecule has 0 N–H and O–H groups in total. The highest BCUT2D eigenvalue weighted by Crippen LogP contribution is 2.47. The van der Waals surface area contributed by atoms with Gasteiger partial charge in [-0.15, -0.1) is 0 Å². The number of ketones is 1. The van der Waals surface area contributed by atoms with Crippen LogP contribution in [0.25, 0.3) is 0 Å². The fraction of sp³-hybridized carbons (Fsp3) is 0.500. The number of carbonyl (C=O) groups excluding carboxylic acids is 1. The lowest BCUT2D eigenvalue weighted by atomic mass is 9.69. The van der Waals surface area contributed by atoms with Gasteiger partial charge in [-0.2, -0.15) is 26.3 Å². The second-order valence-electron chi connectivity index (χ2n) is 10.8. The van der Waals surface area contributed by atoms with E-state index in [2.05, 4.69) is 11.5 Å². The molecule has 4 rings (SSSR count). The van der Waals surface area contributed by atoms with E-state index in [0.717, 1.165) is 18.7 Å². The first-order chi connectivity index (χ1) is 18.7. The van der Waals surface area contributed by atoms with Crippen molar-refractivity contribution in [3.8, 4) is 0 Å². The van der Waals surface area contributed by atoms with Crippen molar-refractivity contribution in [3.63, 3.8) is 0 Å². The predicted octanol–water partition coefficient (Wildman–Crippen LogP) is 8.36. The minimum absolute atomic E-state index is 0.000569. The van der Waals surface area contributed by atoms with Crippen LogP contribution in [0.2, 0.25) is 0 Å². The van der Waals surface area contributed by atoms with Crippen LogP contribution in [0, 0.1) is 17.8 Å². The maximum atomic E-state index is 13.9. The van der Waals surface area contributed by atoms with Crippen LogP contribution in [0.15, 0.2) is 66.2 Å². The van der Waals surface area contributed by atoms with E-state index >= 15 is 0 Å². The molecule has 0 spiro atoms. The lowest BCUT2D eigenvalue weighted by Gasteiger charge is -2.41. The van der Waals surface area contributed by atoms with E-state index in [1.54, 1.807) is 19.1 Å². The Morgan fingerprint density at radius 2 is 1.68 bits per heavy atom. The first-order valence-electron chi connectivity index (χ1n) is 13.3. The van der Waals surface area contributed by atoms with Crippen LogP contribution in [-0.2, 0) is 21.9 Å². The molecule has 0 radical (unpaired) electrons. The molecule has 1 aromatic carbocycles. The molecule has 0 unspecified atom stereocenters. The second kappa shape index (κ2) is 11.5. The SMILES string of the molecule is C=C(/C=C\C(F)=C/C)[C@H]1[C@@H]2CN(C3=CC(=O)CC3)C[C@H]2CC[C@@H]1O[C@H](C)c1cc(C(F)(F)F)cc(C(F)(F)F)c1. The smallest absolute Gasteiger partial charge is 0.374 e. The summed E-state index contributed by atoms with van der Waals surface area (Å²) in [5, 5.41) is 0. The number of likely N-dealkylation sites (tertiary alicyclic amines) is 1. The summed E-state index contributed by atoms with van der Waals surface area (Å²) in [6.07, 6.45) is -3.44. The number of fused-ring (bicyclic) bond motifs is 1. The lowest BCUT2D eigenvalue weighted by Crippen LogP contribution is -2.40. The van der Waals surface area contributed by atoms with Gasteiger partial charge in [0, 0.05) is 37.2 Å². The first kappa shape index (κ1) is 30.1. The van der Waals surface area contributed by atoms with Gasteiger partial charge in [0.25, 0.3) is 0 Å². The van der Waals surface area contributed by atoms with Crippen LogP contribution in [0.3, 0.4) is 0 Å². The lowest BCUT2D eigenvalue weighted by molar-refractivity contribution is -0.143. The minimum Gasteiger partial charge on any atom is -0.374 e. The van der Waals surface area contributed by atoms with Gasteiger partial charge in [0.15, 0.2) is 5.78 Å². The summed E-state index contributed by atoms with van der Waals surface area (Å²) in [7, 11) is 0. The van der Waals surface area contributed by atoms with E-state index < -0.39 is 41.5 Å². The Morgan fingerprint density at radius 1 is 1.02 bits per heavy atom. The van der Waals surface area contributed by atoms with Crippen molar-refractivity contribution >= 4 is 5.78 Å². The van der Waals surface area contributed by atoms with Crippen LogP contribution < -0.4 is 0 Å². The van der Waals surface area contributed by atoms with Gasteiger partial charge in [0.1, 0.15) is 5.83 Å². The van der Waals surface area contributed by atoms with Crippen molar-refractivity contribution in [2.75, 3.05) is 13.1 Å². The minimum atomic E-state index is -4.96. The van der Waals surface area contributed by atoms with Gasteiger partial charge in [-0.3, -0.25) is 4.79 Å². The standard InChI is InChI=1S/C30H32F7NO2/c1-4-23(31)7-5-17(2)28-26-16-38(24-8-9-25(39)14-24)15-19(26)6-10-27(28)40-18(3)20-11-21(29(32,33)34)13-22(12-20)30(35,36)37/h4-5,7,11-14,18-19,26-28H,2,6,8-10,15-16H2,1,3H3/b7-5-,23-4+/t18-,19-,26-,27+,28+/m1/s1. The molecule has 218 valence electrons. The van der Waals surface area contributed by atoms with Crippen LogP contribution in [0.5, 0.6) is 0 Å². The number of hydrogen-bond acceptors (Lipinski definition) is 3. The fourth-order valence-corrected chi connectivity index (χ4v) is 6.12. The Hall–Kier alpha value is -2.88. The number of ether oxygens (including phenoxy) is 1. The zero-order valence-electron chi connectivity index (χ0n) is 22.3. The van der Waals surface area contributed by atoms with Crippen molar-refractivity contribution in [1.82, 2.24) is 4.90 Å². The van der Waals surface area contributed by atoms with Crippen molar-refractivity contribution in [3.05, 3.63) is 82.9 Å². The van der Waals surface area contributed by atoms with Crippen LogP contribution in [0.1, 0.15) is 62.3 Å². The summed E-state index contributed by atoms with van der Waals surface area (Å²) in [5.74, 6) is -0.521. The van der Waals surface area contributed by atoms with E-state index in [0.29, 0.717) is 43.5 Å². The zero-order valence-corrected chi connectivity index (χ0v) is 22.3. The molecule has 1 saturated heterocycles. The third-order valence-electron chi connectivity index (χ3n) is 8.16. The van der Waals surface area contributed by atoms with Crippen LogP contribution in [0.4, 0.5) is 30.7 Å². The molecule has 0 aromatic heterocycles. The van der Waals surface area contributed by atoms with Gasteiger partial charge in [0.2, 0.25) is 0 Å². The molecule has 10 heteroatoms. The molecule has 1 saturated carbocycles. The molecular weight excluding hydrogens is 539 g/mol. The topological polar surface area (TPSA) is 29.5 Å². The second-order valence-corrected chi connectivity index (χ2v) is 10.8. The summed E-state index contributed by atoms with van der Waals surface area (Å²) < 4.78 is 101. The van der Waals surface area contributed by atoms with Gasteiger partial charge >= 0.3 is 12.4 Å². The molecule has 2 aliphatic carbocycles. The number of hydrogen-bond donors (Lipinski definition) is 0. The van der Waals surface area contributed by atoms with Crippen molar-refractivity contribution < 1.29 is 40.3 Å². The highest BCUT2D eigenvalue weighted by Gasteiger charge is 2.47. The Kier molecular flexibility index (Phi) is 8.68. The van der Waals surface area contributed by atoms with Crippen LogP contribution >= 0.6 is 0 Å². The number of alkyl halides is 6. The molecule has 5 atom stereocenters. The summed E-state index contributed by atoms with van der Waals surface area (Å²) in [6.45, 7) is 8.47. The zero-order chi connectivity index (χ0) is 29.4. The number of halogens is 7. The van der Waals surface area contributed by atoms with Crippen molar-refractivity contribution in [2.45, 2.75) is 64.1 Å². The Balaban J connectivity index is 1.63. The molecule has 3 nitrogen and oxygen atoms in total. The van der Waals surface area contributed by atoms with Crippen LogP contribution in [-0.4, -0.2) is 29.9 Å². The average Bonchev–Trinajstić information content (AvgIpc) is 3.51.